The molecule has 0 fully saturated rings. The second-order valence-electron chi connectivity index (χ2n) is 3.71. The molecule has 0 saturated heterocycles. The molecule has 0 aromatic rings. The Morgan fingerprint density at radius 2 is 2.54 bits per heavy atom. The van der Waals surface area contributed by atoms with Crippen molar-refractivity contribution in [3.05, 3.63) is 0 Å². The van der Waals surface area contributed by atoms with E-state index >= 15 is 0 Å². The number of hydrogen-bond acceptors (Lipinski definition) is 4. The van der Waals surface area contributed by atoms with E-state index in [0.717, 1.165) is 0 Å². The summed E-state index contributed by atoms with van der Waals surface area (Å²) in [4.78, 5) is 16.5. The second-order valence-corrected chi connectivity index (χ2v) is 3.71. The van der Waals surface area contributed by atoms with Gasteiger partial charge in [0.15, 0.2) is 0 Å². The van der Waals surface area contributed by atoms with E-state index in [4.69, 9.17) is 10.8 Å². The molecule has 5 heteroatoms. The normalized spacial score (nSPS) is 29.3. The van der Waals surface area contributed by atoms with Crippen molar-refractivity contribution in [2.24, 2.45) is 10.7 Å². The summed E-state index contributed by atoms with van der Waals surface area (Å²) in [6, 6.07) is -0.811. The zero-order valence-corrected chi connectivity index (χ0v) is 7.90. The van der Waals surface area contributed by atoms with Gasteiger partial charge < -0.3 is 15.7 Å². The number of hydrogen-bond donors (Lipinski definition) is 2. The van der Waals surface area contributed by atoms with E-state index in [9.17, 15) is 4.79 Å². The van der Waals surface area contributed by atoms with Crippen molar-refractivity contribution < 1.29 is 9.90 Å². The molecule has 1 aliphatic rings. The third kappa shape index (κ3) is 1.98. The molecule has 1 heterocycles. The van der Waals surface area contributed by atoms with Gasteiger partial charge in [0.05, 0.1) is 18.4 Å². The van der Waals surface area contributed by atoms with Crippen LogP contribution in [0, 0.1) is 0 Å². The number of carboxylic acids is 1. The maximum Gasteiger partial charge on any atom is 0.320 e. The molecule has 0 amide bonds. The van der Waals surface area contributed by atoms with Crippen LogP contribution in [0.4, 0.5) is 0 Å². The summed E-state index contributed by atoms with van der Waals surface area (Å²) in [5.41, 5.74) is 5.22. The van der Waals surface area contributed by atoms with Gasteiger partial charge in [0.1, 0.15) is 6.04 Å². The van der Waals surface area contributed by atoms with Crippen molar-refractivity contribution >= 4 is 12.3 Å². The summed E-state index contributed by atoms with van der Waals surface area (Å²) < 4.78 is 0. The zero-order chi connectivity index (χ0) is 10.1. The van der Waals surface area contributed by atoms with Crippen molar-refractivity contribution in [1.29, 1.82) is 0 Å². The van der Waals surface area contributed by atoms with Crippen LogP contribution in [0.2, 0.25) is 0 Å². The zero-order valence-electron chi connectivity index (χ0n) is 7.90. The minimum atomic E-state index is -0.957. The van der Waals surface area contributed by atoms with Crippen LogP contribution in [-0.4, -0.2) is 47.5 Å². The molecule has 2 atom stereocenters. The van der Waals surface area contributed by atoms with Gasteiger partial charge in [-0.3, -0.25) is 9.79 Å². The molecule has 74 valence electrons. The van der Waals surface area contributed by atoms with Crippen LogP contribution in [0.5, 0.6) is 0 Å². The van der Waals surface area contributed by atoms with Gasteiger partial charge in [-0.1, -0.05) is 0 Å². The number of carbonyl (C=O) groups is 1. The Morgan fingerprint density at radius 1 is 1.92 bits per heavy atom. The van der Waals surface area contributed by atoms with Gasteiger partial charge >= 0.3 is 5.97 Å². The third-order valence-corrected chi connectivity index (χ3v) is 2.52. The number of likely N-dealkylation sites (N-methyl/N-ethyl adjacent to an activating group) is 1. The van der Waals surface area contributed by atoms with Gasteiger partial charge in [0.25, 0.3) is 0 Å². The summed E-state index contributed by atoms with van der Waals surface area (Å²) in [6.45, 7) is 2.58. The Balaban J connectivity index is 2.58. The molecule has 0 radical (unpaired) electrons. The fourth-order valence-electron chi connectivity index (χ4n) is 1.38. The number of aliphatic imine (C=N–C) groups is 1. The number of carboxylic acid groups (broad SMARTS) is 1. The van der Waals surface area contributed by atoms with Gasteiger partial charge in [-0.05, 0) is 13.3 Å². The lowest BCUT2D eigenvalue weighted by Crippen LogP contribution is -2.48. The van der Waals surface area contributed by atoms with Crippen molar-refractivity contribution in [2.45, 2.75) is 24.9 Å². The first kappa shape index (κ1) is 9.98. The van der Waals surface area contributed by atoms with E-state index in [2.05, 4.69) is 4.99 Å². The molecule has 5 nitrogen and oxygen atoms in total. The summed E-state index contributed by atoms with van der Waals surface area (Å²) in [7, 11) is 1.88. The lowest BCUT2D eigenvalue weighted by Gasteiger charge is -2.32. The Bertz CT molecular complexity index is 242. The van der Waals surface area contributed by atoms with Gasteiger partial charge in [-0.25, -0.2) is 0 Å². The minimum absolute atomic E-state index is 0.238. The molecule has 0 spiro atoms. The van der Waals surface area contributed by atoms with Crippen LogP contribution in [-0.2, 0) is 4.79 Å². The fourth-order valence-corrected chi connectivity index (χ4v) is 1.38. The number of nitrogens with zero attached hydrogens (tertiary/aromatic N) is 2. The smallest absolute Gasteiger partial charge is 0.320 e. The van der Waals surface area contributed by atoms with Crippen molar-refractivity contribution in [3.8, 4) is 0 Å². The maximum atomic E-state index is 10.6. The highest BCUT2D eigenvalue weighted by Crippen LogP contribution is 2.22. The Labute approximate surface area is 77.2 Å². The van der Waals surface area contributed by atoms with Crippen molar-refractivity contribution in [1.82, 2.24) is 4.90 Å². The maximum absolute atomic E-state index is 10.6. The largest absolute Gasteiger partial charge is 0.480 e. The van der Waals surface area contributed by atoms with E-state index < -0.39 is 12.0 Å². The molecule has 2 unspecified atom stereocenters. The highest BCUT2D eigenvalue weighted by molar-refractivity contribution is 5.73. The molecule has 0 bridgehead atoms. The van der Waals surface area contributed by atoms with Gasteiger partial charge in [-0.15, -0.1) is 0 Å². The molecule has 0 aromatic heterocycles. The van der Waals surface area contributed by atoms with Gasteiger partial charge in [0.2, 0.25) is 0 Å². The highest BCUT2D eigenvalue weighted by Gasteiger charge is 2.34. The predicted molar refractivity (Wildman–Crippen MR) is 49.8 cm³/mol. The molecular formula is C8H15N3O2. The van der Waals surface area contributed by atoms with Crippen LogP contribution < -0.4 is 5.73 Å². The molecule has 1 aliphatic heterocycles. The molecule has 0 saturated carbocycles. The van der Waals surface area contributed by atoms with Crippen molar-refractivity contribution in [3.63, 3.8) is 0 Å². The highest BCUT2D eigenvalue weighted by atomic mass is 16.4. The van der Waals surface area contributed by atoms with E-state index in [1.165, 1.54) is 0 Å². The monoisotopic (exact) mass is 185 g/mol. The van der Waals surface area contributed by atoms with Crippen LogP contribution >= 0.6 is 0 Å². The van der Waals surface area contributed by atoms with Crippen molar-refractivity contribution in [2.75, 3.05) is 13.6 Å². The predicted octanol–water partition coefficient (Wildman–Crippen LogP) is -0.479. The van der Waals surface area contributed by atoms with Gasteiger partial charge in [0, 0.05) is 7.05 Å². The van der Waals surface area contributed by atoms with E-state index in [-0.39, 0.29) is 5.54 Å². The molecule has 0 aliphatic carbocycles. The molecule has 3 N–H and O–H groups in total. The summed E-state index contributed by atoms with van der Waals surface area (Å²) in [5.74, 6) is -0.957. The number of rotatable bonds is 3. The average molecular weight is 185 g/mol. The third-order valence-electron chi connectivity index (χ3n) is 2.52. The lowest BCUT2D eigenvalue weighted by atomic mass is 9.93. The Kier molecular flexibility index (Phi) is 2.56. The summed E-state index contributed by atoms with van der Waals surface area (Å²) in [6.07, 6.45) is 2.13. The Hall–Kier alpha value is -1.10. The summed E-state index contributed by atoms with van der Waals surface area (Å²) >= 11 is 0. The molecular weight excluding hydrogens is 170 g/mol. The van der Waals surface area contributed by atoms with E-state index in [1.807, 2.05) is 18.9 Å². The molecule has 1 rings (SSSR count). The fraction of sp³-hybridized carbons (Fsp3) is 0.750. The minimum Gasteiger partial charge on any atom is -0.480 e. The Morgan fingerprint density at radius 3 is 2.92 bits per heavy atom. The standard InChI is InChI=1S/C8H15N3O2/c1-8(3-6(9)7(12)13)4-10-5-11(8)2/h5-6H,3-4,9H2,1-2H3,(H,12,13). The molecule has 13 heavy (non-hydrogen) atoms. The average Bonchev–Trinajstić information content (AvgIpc) is 2.32. The van der Waals surface area contributed by atoms with E-state index in [1.54, 1.807) is 6.34 Å². The van der Waals surface area contributed by atoms with Gasteiger partial charge in [-0.2, -0.15) is 0 Å². The first-order valence-corrected chi connectivity index (χ1v) is 4.17. The number of aliphatic carboxylic acids is 1. The van der Waals surface area contributed by atoms with Crippen LogP contribution in [0.25, 0.3) is 0 Å². The second kappa shape index (κ2) is 3.33. The van der Waals surface area contributed by atoms with Crippen LogP contribution in [0.15, 0.2) is 4.99 Å². The molecule has 0 aromatic carbocycles. The number of nitrogens with two attached hydrogens (primary N) is 1. The summed E-state index contributed by atoms with van der Waals surface area (Å²) in [5, 5.41) is 8.66. The van der Waals surface area contributed by atoms with E-state index in [0.29, 0.717) is 13.0 Å². The first-order valence-electron chi connectivity index (χ1n) is 4.17. The first-order chi connectivity index (χ1) is 5.96. The van der Waals surface area contributed by atoms with Crippen LogP contribution in [0.1, 0.15) is 13.3 Å². The topological polar surface area (TPSA) is 78.9 Å². The SMILES string of the molecule is CN1C=NCC1(C)CC(N)C(=O)O. The van der Waals surface area contributed by atoms with Crippen LogP contribution in [0.3, 0.4) is 0 Å². The lowest BCUT2D eigenvalue weighted by molar-refractivity contribution is -0.139. The quantitative estimate of drug-likeness (QED) is 0.622.